The monoisotopic (exact) mass is 429 g/mol. The van der Waals surface area contributed by atoms with Gasteiger partial charge in [0.05, 0.1) is 0 Å². The molecule has 30 heavy (non-hydrogen) atoms. The molecular weight excluding hydrogens is 402 g/mol. The highest BCUT2D eigenvalue weighted by Crippen LogP contribution is 2.30. The van der Waals surface area contributed by atoms with Crippen molar-refractivity contribution in [3.8, 4) is 11.1 Å². The number of rotatable bonds is 8. The standard InChI is InChI=1S/C23H27NO5S/c1-17-16-20(8-9-21(17)19-6-4-3-5-7-19)18-10-13-24(14-11-18)30(27,28)22(23(25)26)12-15-29-2/h3-10,16,22H,11-15H2,1-2H3,(H,25,26)/t22-/m0/s1. The van der Waals surface area contributed by atoms with E-state index in [0.717, 1.165) is 22.3 Å². The van der Waals surface area contributed by atoms with Gasteiger partial charge in [0.25, 0.3) is 0 Å². The smallest absolute Gasteiger partial charge is 0.323 e. The van der Waals surface area contributed by atoms with E-state index in [1.807, 2.05) is 24.3 Å². The molecule has 1 heterocycles. The van der Waals surface area contributed by atoms with Crippen LogP contribution in [0.3, 0.4) is 0 Å². The van der Waals surface area contributed by atoms with Gasteiger partial charge in [0.2, 0.25) is 10.0 Å². The van der Waals surface area contributed by atoms with E-state index in [4.69, 9.17) is 4.74 Å². The first kappa shape index (κ1) is 22.2. The number of carboxylic acids is 1. The second kappa shape index (κ2) is 9.55. The lowest BCUT2D eigenvalue weighted by molar-refractivity contribution is -0.136. The van der Waals surface area contributed by atoms with Crippen LogP contribution >= 0.6 is 0 Å². The number of nitrogens with zero attached hydrogens (tertiary/aromatic N) is 1. The van der Waals surface area contributed by atoms with Crippen molar-refractivity contribution in [3.63, 3.8) is 0 Å². The highest BCUT2D eigenvalue weighted by atomic mass is 32.2. The average molecular weight is 430 g/mol. The van der Waals surface area contributed by atoms with Crippen LogP contribution in [0.5, 0.6) is 0 Å². The van der Waals surface area contributed by atoms with Crippen molar-refractivity contribution in [2.75, 3.05) is 26.8 Å². The number of methoxy groups -OCH3 is 1. The van der Waals surface area contributed by atoms with Gasteiger partial charge in [-0.1, -0.05) is 54.6 Å². The molecule has 0 bridgehead atoms. The zero-order chi connectivity index (χ0) is 21.7. The van der Waals surface area contributed by atoms with E-state index < -0.39 is 21.2 Å². The average Bonchev–Trinajstić information content (AvgIpc) is 2.74. The molecule has 1 aliphatic rings. The van der Waals surface area contributed by atoms with E-state index in [1.54, 1.807) is 0 Å². The Labute approximate surface area is 177 Å². The van der Waals surface area contributed by atoms with Crippen LogP contribution in [0.1, 0.15) is 24.0 Å². The second-order valence-electron chi connectivity index (χ2n) is 7.39. The molecule has 0 amide bonds. The van der Waals surface area contributed by atoms with Crippen molar-refractivity contribution in [2.45, 2.75) is 25.0 Å². The van der Waals surface area contributed by atoms with Gasteiger partial charge in [-0.3, -0.25) is 4.79 Å². The first-order valence-electron chi connectivity index (χ1n) is 9.90. The van der Waals surface area contributed by atoms with Gasteiger partial charge in [0, 0.05) is 26.8 Å². The molecule has 6 nitrogen and oxygen atoms in total. The van der Waals surface area contributed by atoms with Crippen molar-refractivity contribution < 1.29 is 23.1 Å². The number of aliphatic carboxylic acids is 1. The summed E-state index contributed by atoms with van der Waals surface area (Å²) in [5.74, 6) is -1.34. The van der Waals surface area contributed by atoms with Crippen molar-refractivity contribution in [2.24, 2.45) is 0 Å². The van der Waals surface area contributed by atoms with Crippen molar-refractivity contribution in [1.82, 2.24) is 4.31 Å². The minimum Gasteiger partial charge on any atom is -0.480 e. The zero-order valence-electron chi connectivity index (χ0n) is 17.2. The van der Waals surface area contributed by atoms with Crippen LogP contribution in [0, 0.1) is 6.92 Å². The first-order chi connectivity index (χ1) is 14.3. The van der Waals surface area contributed by atoms with E-state index in [0.29, 0.717) is 6.42 Å². The molecule has 2 aromatic rings. The topological polar surface area (TPSA) is 83.9 Å². The van der Waals surface area contributed by atoms with Gasteiger partial charge in [0.1, 0.15) is 0 Å². The highest BCUT2D eigenvalue weighted by Gasteiger charge is 2.37. The van der Waals surface area contributed by atoms with Crippen LogP contribution in [0.2, 0.25) is 0 Å². The Morgan fingerprint density at radius 2 is 1.90 bits per heavy atom. The van der Waals surface area contributed by atoms with E-state index in [9.17, 15) is 18.3 Å². The van der Waals surface area contributed by atoms with Crippen LogP contribution in [-0.4, -0.2) is 55.9 Å². The summed E-state index contributed by atoms with van der Waals surface area (Å²) in [6, 6.07) is 16.4. The third-order valence-corrected chi connectivity index (χ3v) is 7.64. The largest absolute Gasteiger partial charge is 0.480 e. The highest BCUT2D eigenvalue weighted by molar-refractivity contribution is 7.90. The number of benzene rings is 2. The maximum Gasteiger partial charge on any atom is 0.323 e. The van der Waals surface area contributed by atoms with Gasteiger partial charge in [0.15, 0.2) is 5.25 Å². The molecule has 0 aromatic heterocycles. The number of aryl methyl sites for hydroxylation is 1. The lowest BCUT2D eigenvalue weighted by atomic mass is 9.94. The molecule has 1 aliphatic heterocycles. The Morgan fingerprint density at radius 3 is 2.47 bits per heavy atom. The summed E-state index contributed by atoms with van der Waals surface area (Å²) in [6.07, 6.45) is 2.36. The molecule has 0 radical (unpaired) electrons. The molecule has 3 rings (SSSR count). The Kier molecular flexibility index (Phi) is 7.07. The Bertz CT molecular complexity index is 1030. The summed E-state index contributed by atoms with van der Waals surface area (Å²) in [4.78, 5) is 11.5. The fourth-order valence-corrected chi connectivity index (χ4v) is 5.39. The summed E-state index contributed by atoms with van der Waals surface area (Å²) in [7, 11) is -2.52. The molecule has 160 valence electrons. The van der Waals surface area contributed by atoms with E-state index in [2.05, 4.69) is 37.3 Å². The Hall–Kier alpha value is -2.48. The molecule has 0 fully saturated rings. The Balaban J connectivity index is 1.77. The van der Waals surface area contributed by atoms with Crippen molar-refractivity contribution in [1.29, 1.82) is 0 Å². The lowest BCUT2D eigenvalue weighted by Gasteiger charge is -2.28. The van der Waals surface area contributed by atoms with E-state index >= 15 is 0 Å². The summed E-state index contributed by atoms with van der Waals surface area (Å²) < 4.78 is 31.7. The van der Waals surface area contributed by atoms with Crippen LogP contribution in [0.4, 0.5) is 0 Å². The van der Waals surface area contributed by atoms with Gasteiger partial charge in [-0.15, -0.1) is 0 Å². The molecule has 1 N–H and O–H groups in total. The van der Waals surface area contributed by atoms with Crippen LogP contribution in [-0.2, 0) is 19.6 Å². The number of sulfonamides is 1. The quantitative estimate of drug-likeness (QED) is 0.694. The number of carbonyl (C=O) groups is 1. The second-order valence-corrected chi connectivity index (χ2v) is 9.50. The maximum absolute atomic E-state index is 12.8. The van der Waals surface area contributed by atoms with E-state index in [1.165, 1.54) is 17.0 Å². The molecule has 0 saturated carbocycles. The normalized spacial score (nSPS) is 16.1. The van der Waals surface area contributed by atoms with Crippen LogP contribution in [0.25, 0.3) is 16.7 Å². The molecule has 1 atom stereocenters. The molecule has 0 spiro atoms. The predicted octanol–water partition coefficient (Wildman–Crippen LogP) is 3.57. The van der Waals surface area contributed by atoms with Crippen molar-refractivity contribution in [3.05, 3.63) is 65.7 Å². The molecule has 0 aliphatic carbocycles. The maximum atomic E-state index is 12.8. The number of hydrogen-bond acceptors (Lipinski definition) is 4. The van der Waals surface area contributed by atoms with Gasteiger partial charge >= 0.3 is 5.97 Å². The molecule has 0 unspecified atom stereocenters. The lowest BCUT2D eigenvalue weighted by Crippen LogP contribution is -2.44. The minimum absolute atomic E-state index is 0.0681. The third kappa shape index (κ3) is 4.80. The van der Waals surface area contributed by atoms with Gasteiger partial charge in [-0.2, -0.15) is 4.31 Å². The number of ether oxygens (including phenoxy) is 1. The zero-order valence-corrected chi connectivity index (χ0v) is 18.1. The summed E-state index contributed by atoms with van der Waals surface area (Å²) in [5, 5.41) is 7.88. The number of carboxylic acid groups (broad SMARTS) is 1. The van der Waals surface area contributed by atoms with Crippen LogP contribution in [0.15, 0.2) is 54.6 Å². The van der Waals surface area contributed by atoms with Gasteiger partial charge in [-0.05, 0) is 47.6 Å². The SMILES string of the molecule is COCC[C@@H](C(=O)O)S(=O)(=O)N1CC=C(c2ccc(-c3ccccc3)c(C)c2)CC1. The third-order valence-electron chi connectivity index (χ3n) is 5.43. The minimum atomic E-state index is -3.94. The number of hydrogen-bond donors (Lipinski definition) is 1. The molecular formula is C23H27NO5S. The summed E-state index contributed by atoms with van der Waals surface area (Å²) in [5.41, 5.74) is 5.63. The predicted molar refractivity (Wildman–Crippen MR) is 118 cm³/mol. The fourth-order valence-electron chi connectivity index (χ4n) is 3.75. The van der Waals surface area contributed by atoms with Gasteiger partial charge < -0.3 is 9.84 Å². The first-order valence-corrected chi connectivity index (χ1v) is 11.4. The van der Waals surface area contributed by atoms with Crippen LogP contribution < -0.4 is 0 Å². The molecule has 2 aromatic carbocycles. The fraction of sp³-hybridized carbons (Fsp3) is 0.348. The van der Waals surface area contributed by atoms with E-state index in [-0.39, 0.29) is 26.1 Å². The van der Waals surface area contributed by atoms with Crippen molar-refractivity contribution >= 4 is 21.6 Å². The molecule has 0 saturated heterocycles. The molecule has 7 heteroatoms. The van der Waals surface area contributed by atoms with Gasteiger partial charge in [-0.25, -0.2) is 8.42 Å². The Morgan fingerprint density at radius 1 is 1.17 bits per heavy atom. The summed E-state index contributed by atoms with van der Waals surface area (Å²) >= 11 is 0. The summed E-state index contributed by atoms with van der Waals surface area (Å²) in [6.45, 7) is 2.59.